The predicted molar refractivity (Wildman–Crippen MR) is 92.9 cm³/mol. The minimum Gasteiger partial charge on any atom is -0.463 e. The number of aromatic nitrogens is 4. The highest BCUT2D eigenvalue weighted by Gasteiger charge is 2.38. The molecular weight excluding hydrogens is 336 g/mol. The number of piperidine rings is 1. The third kappa shape index (κ3) is 5.23. The van der Waals surface area contributed by atoms with Gasteiger partial charge in [-0.15, -0.1) is 10.2 Å². The molecule has 3 rings (SSSR count). The maximum atomic E-state index is 12.3. The van der Waals surface area contributed by atoms with Crippen LogP contribution in [0, 0.1) is 17.8 Å². The molecule has 3 N–H and O–H groups in total. The maximum Gasteiger partial charge on any atom is 0.323 e. The van der Waals surface area contributed by atoms with E-state index in [0.717, 1.165) is 38.1 Å². The summed E-state index contributed by atoms with van der Waals surface area (Å²) in [6.07, 6.45) is 6.35. The lowest BCUT2D eigenvalue weighted by molar-refractivity contribution is -0.148. The Morgan fingerprint density at radius 2 is 2.15 bits per heavy atom. The summed E-state index contributed by atoms with van der Waals surface area (Å²) >= 11 is 0. The standard InChI is InChI=1S/C17H28N6O3/c1-11(24)18-6-7-26-17(25)15-9-14-8-12(2-4-13(14)10-19-15)3-5-16-20-22-23-21-16/h12-15,19H,2-10H2,1H3,(H,18,24)(H,20,21,22,23)/t12?,13-,14?,15-/m0/s1. The Labute approximate surface area is 153 Å². The lowest BCUT2D eigenvalue weighted by atomic mass is 9.69. The highest BCUT2D eigenvalue weighted by atomic mass is 16.5. The van der Waals surface area contributed by atoms with Gasteiger partial charge >= 0.3 is 5.97 Å². The summed E-state index contributed by atoms with van der Waals surface area (Å²) in [5, 5.41) is 20.1. The number of nitrogens with zero attached hydrogens (tertiary/aromatic N) is 3. The van der Waals surface area contributed by atoms with Gasteiger partial charge in [0.2, 0.25) is 5.91 Å². The zero-order chi connectivity index (χ0) is 18.4. The zero-order valence-electron chi connectivity index (χ0n) is 15.2. The van der Waals surface area contributed by atoms with Crippen molar-refractivity contribution in [3.63, 3.8) is 0 Å². The van der Waals surface area contributed by atoms with Crippen LogP contribution in [0.25, 0.3) is 0 Å². The number of esters is 1. The number of carbonyl (C=O) groups excluding carboxylic acids is 2. The molecule has 9 heteroatoms. The van der Waals surface area contributed by atoms with E-state index in [9.17, 15) is 9.59 Å². The second-order valence-electron chi connectivity index (χ2n) is 7.41. The predicted octanol–water partition coefficient (Wildman–Crippen LogP) is 0.206. The average molecular weight is 364 g/mol. The van der Waals surface area contributed by atoms with E-state index in [1.54, 1.807) is 0 Å². The third-order valence-electron chi connectivity index (χ3n) is 5.58. The van der Waals surface area contributed by atoms with Crippen LogP contribution in [0.2, 0.25) is 0 Å². The molecule has 9 nitrogen and oxygen atoms in total. The molecule has 1 amide bonds. The molecule has 1 saturated carbocycles. The first-order valence-electron chi connectivity index (χ1n) is 9.48. The molecule has 2 aliphatic rings. The van der Waals surface area contributed by atoms with Crippen LogP contribution in [0.5, 0.6) is 0 Å². The first-order valence-corrected chi connectivity index (χ1v) is 9.48. The Morgan fingerprint density at radius 1 is 1.27 bits per heavy atom. The highest BCUT2D eigenvalue weighted by molar-refractivity contribution is 5.76. The number of rotatable bonds is 7. The Balaban J connectivity index is 1.41. The molecule has 0 aromatic carbocycles. The van der Waals surface area contributed by atoms with Gasteiger partial charge in [-0.05, 0) is 50.0 Å². The van der Waals surface area contributed by atoms with Crippen LogP contribution >= 0.6 is 0 Å². The smallest absolute Gasteiger partial charge is 0.323 e. The van der Waals surface area contributed by atoms with Crippen molar-refractivity contribution >= 4 is 11.9 Å². The topological polar surface area (TPSA) is 122 Å². The molecule has 2 heterocycles. The molecule has 1 aliphatic heterocycles. The second-order valence-corrected chi connectivity index (χ2v) is 7.41. The molecule has 144 valence electrons. The van der Waals surface area contributed by atoms with E-state index in [1.807, 2.05) is 0 Å². The van der Waals surface area contributed by atoms with Crippen LogP contribution in [0.3, 0.4) is 0 Å². The number of hydrogen-bond donors (Lipinski definition) is 3. The van der Waals surface area contributed by atoms with Gasteiger partial charge in [-0.2, -0.15) is 5.21 Å². The molecular formula is C17H28N6O3. The Morgan fingerprint density at radius 3 is 2.92 bits per heavy atom. The van der Waals surface area contributed by atoms with Crippen molar-refractivity contribution in [3.8, 4) is 0 Å². The number of tetrazole rings is 1. The van der Waals surface area contributed by atoms with E-state index in [1.165, 1.54) is 19.8 Å². The highest BCUT2D eigenvalue weighted by Crippen LogP contribution is 2.40. The third-order valence-corrected chi connectivity index (χ3v) is 5.58. The fourth-order valence-corrected chi connectivity index (χ4v) is 4.20. The van der Waals surface area contributed by atoms with E-state index < -0.39 is 0 Å². The summed E-state index contributed by atoms with van der Waals surface area (Å²) in [5.74, 6) is 2.33. The van der Waals surface area contributed by atoms with Crippen molar-refractivity contribution in [2.24, 2.45) is 17.8 Å². The molecule has 0 spiro atoms. The quantitative estimate of drug-likeness (QED) is 0.467. The molecule has 26 heavy (non-hydrogen) atoms. The normalized spacial score (nSPS) is 28.2. The van der Waals surface area contributed by atoms with Crippen molar-refractivity contribution in [2.45, 2.75) is 51.5 Å². The first kappa shape index (κ1) is 18.8. The number of carbonyl (C=O) groups is 2. The SMILES string of the molecule is CC(=O)NCCOC(=O)[C@@H]1CC2CC(CCc3nn[nH]n3)CC[C@H]2CN1. The van der Waals surface area contributed by atoms with Crippen molar-refractivity contribution in [2.75, 3.05) is 19.7 Å². The monoisotopic (exact) mass is 364 g/mol. The Kier molecular flexibility index (Phi) is 6.54. The van der Waals surface area contributed by atoms with E-state index in [-0.39, 0.29) is 24.5 Å². The number of amides is 1. The van der Waals surface area contributed by atoms with Gasteiger partial charge in [0.25, 0.3) is 0 Å². The molecule has 1 aromatic heterocycles. The van der Waals surface area contributed by atoms with Crippen LogP contribution in [0.1, 0.15) is 44.9 Å². The molecule has 1 aliphatic carbocycles. The van der Waals surface area contributed by atoms with Gasteiger partial charge < -0.3 is 15.4 Å². The van der Waals surface area contributed by atoms with Crippen molar-refractivity contribution in [3.05, 3.63) is 5.82 Å². The van der Waals surface area contributed by atoms with Gasteiger partial charge in [-0.3, -0.25) is 9.59 Å². The van der Waals surface area contributed by atoms with Gasteiger partial charge in [0.15, 0.2) is 5.82 Å². The van der Waals surface area contributed by atoms with E-state index in [0.29, 0.717) is 24.3 Å². The summed E-state index contributed by atoms with van der Waals surface area (Å²) in [4.78, 5) is 23.1. The van der Waals surface area contributed by atoms with Gasteiger partial charge in [0.05, 0.1) is 6.54 Å². The van der Waals surface area contributed by atoms with Gasteiger partial charge in [-0.1, -0.05) is 11.6 Å². The number of aryl methyl sites for hydroxylation is 1. The van der Waals surface area contributed by atoms with Gasteiger partial charge in [-0.25, -0.2) is 0 Å². The summed E-state index contributed by atoms with van der Waals surface area (Å²) in [6, 6.07) is -0.232. The Hall–Kier alpha value is -2.03. The van der Waals surface area contributed by atoms with Crippen LogP contribution in [0.15, 0.2) is 0 Å². The fraction of sp³-hybridized carbons (Fsp3) is 0.824. The maximum absolute atomic E-state index is 12.3. The second kappa shape index (κ2) is 9.07. The van der Waals surface area contributed by atoms with Gasteiger partial charge in [0.1, 0.15) is 12.6 Å². The number of H-pyrrole nitrogens is 1. The van der Waals surface area contributed by atoms with E-state index >= 15 is 0 Å². The van der Waals surface area contributed by atoms with Crippen LogP contribution in [-0.2, 0) is 20.7 Å². The Bertz CT molecular complexity index is 593. The fourth-order valence-electron chi connectivity index (χ4n) is 4.20. The van der Waals surface area contributed by atoms with E-state index in [4.69, 9.17) is 4.74 Å². The van der Waals surface area contributed by atoms with Crippen molar-refractivity contribution in [1.82, 2.24) is 31.3 Å². The van der Waals surface area contributed by atoms with Crippen molar-refractivity contribution in [1.29, 1.82) is 0 Å². The summed E-state index contributed by atoms with van der Waals surface area (Å²) in [5.41, 5.74) is 0. The molecule has 4 atom stereocenters. The number of hydrogen-bond acceptors (Lipinski definition) is 7. The van der Waals surface area contributed by atoms with Crippen LogP contribution < -0.4 is 10.6 Å². The van der Waals surface area contributed by atoms with E-state index in [2.05, 4.69) is 31.3 Å². The van der Waals surface area contributed by atoms with Crippen LogP contribution in [-0.4, -0.2) is 58.2 Å². The molecule has 0 bridgehead atoms. The van der Waals surface area contributed by atoms with Crippen LogP contribution in [0.4, 0.5) is 0 Å². The molecule has 1 saturated heterocycles. The molecule has 1 aromatic rings. The average Bonchev–Trinajstić information content (AvgIpc) is 3.16. The number of fused-ring (bicyclic) bond motifs is 1. The lowest BCUT2D eigenvalue weighted by Gasteiger charge is -2.42. The van der Waals surface area contributed by atoms with Crippen molar-refractivity contribution < 1.29 is 14.3 Å². The minimum absolute atomic E-state index is 0.117. The zero-order valence-corrected chi connectivity index (χ0v) is 15.2. The minimum atomic E-state index is -0.232. The largest absolute Gasteiger partial charge is 0.463 e. The molecule has 2 fully saturated rings. The summed E-state index contributed by atoms with van der Waals surface area (Å²) < 4.78 is 5.29. The number of nitrogens with one attached hydrogen (secondary N) is 3. The number of aromatic amines is 1. The first-order chi connectivity index (χ1) is 12.6. The molecule has 0 radical (unpaired) electrons. The van der Waals surface area contributed by atoms with Gasteiger partial charge in [0, 0.05) is 13.3 Å². The summed E-state index contributed by atoms with van der Waals surface area (Å²) in [6.45, 7) is 2.91. The lowest BCUT2D eigenvalue weighted by Crippen LogP contribution is -2.50. The molecule has 2 unspecified atom stereocenters. The summed E-state index contributed by atoms with van der Waals surface area (Å²) in [7, 11) is 0. The number of ether oxygens (including phenoxy) is 1.